The van der Waals surface area contributed by atoms with Crippen molar-refractivity contribution < 1.29 is 23.2 Å². The standard InChI is InChI=1S/C16H15F3N6O2/c17-16(18,19)10-1-11(6-20-5-10)24-7-13-2-12(24)8-25(13)15-21-3-9(4-22-15)14(26)23-27/h1,3-6,12-13,27H,2,7-8H2,(H,23,26). The SMILES string of the molecule is O=C(NO)c1cnc(N2CC3CC2CN3c2cncc(C(F)(F)F)c2)nc1. The van der Waals surface area contributed by atoms with E-state index in [0.29, 0.717) is 24.7 Å². The molecule has 4 rings (SSSR count). The van der Waals surface area contributed by atoms with Crippen molar-refractivity contribution in [2.24, 2.45) is 0 Å². The fourth-order valence-corrected chi connectivity index (χ4v) is 3.62. The maximum Gasteiger partial charge on any atom is 0.417 e. The topological polar surface area (TPSA) is 94.5 Å². The Morgan fingerprint density at radius 3 is 2.37 bits per heavy atom. The molecular weight excluding hydrogens is 365 g/mol. The number of aromatic nitrogens is 3. The summed E-state index contributed by atoms with van der Waals surface area (Å²) in [7, 11) is 0. The number of anilines is 2. The lowest BCUT2D eigenvalue weighted by atomic mass is 10.2. The highest BCUT2D eigenvalue weighted by molar-refractivity contribution is 5.92. The molecule has 2 bridgehead atoms. The van der Waals surface area contributed by atoms with Crippen molar-refractivity contribution >= 4 is 17.5 Å². The van der Waals surface area contributed by atoms with Crippen LogP contribution in [0, 0.1) is 0 Å². The maximum atomic E-state index is 12.9. The van der Waals surface area contributed by atoms with Gasteiger partial charge in [-0.25, -0.2) is 15.4 Å². The number of carbonyl (C=O) groups excluding carboxylic acids is 1. The lowest BCUT2D eigenvalue weighted by Crippen LogP contribution is -2.47. The van der Waals surface area contributed by atoms with Crippen molar-refractivity contribution in [3.63, 3.8) is 0 Å². The van der Waals surface area contributed by atoms with Crippen molar-refractivity contribution in [3.8, 4) is 0 Å². The van der Waals surface area contributed by atoms with Crippen LogP contribution in [-0.4, -0.2) is 51.2 Å². The minimum atomic E-state index is -4.43. The van der Waals surface area contributed by atoms with E-state index in [1.54, 1.807) is 0 Å². The first-order chi connectivity index (χ1) is 12.9. The van der Waals surface area contributed by atoms with Crippen molar-refractivity contribution in [1.29, 1.82) is 0 Å². The van der Waals surface area contributed by atoms with Gasteiger partial charge in [0.25, 0.3) is 5.91 Å². The predicted octanol–water partition coefficient (Wildman–Crippen LogP) is 1.48. The number of nitrogens with one attached hydrogen (secondary N) is 1. The Morgan fingerprint density at radius 1 is 1.11 bits per heavy atom. The number of amides is 1. The number of fused-ring (bicyclic) bond motifs is 2. The first kappa shape index (κ1) is 17.5. The minimum absolute atomic E-state index is 0.0318. The summed E-state index contributed by atoms with van der Waals surface area (Å²) in [6.07, 6.45) is 1.24. The molecule has 142 valence electrons. The third-order valence-corrected chi connectivity index (χ3v) is 4.88. The molecule has 27 heavy (non-hydrogen) atoms. The Bertz CT molecular complexity index is 860. The molecule has 2 aliphatic rings. The van der Waals surface area contributed by atoms with Crippen LogP contribution in [0.4, 0.5) is 24.8 Å². The van der Waals surface area contributed by atoms with E-state index < -0.39 is 17.6 Å². The molecule has 2 atom stereocenters. The molecule has 8 nitrogen and oxygen atoms in total. The van der Waals surface area contributed by atoms with E-state index in [0.717, 1.165) is 18.7 Å². The second kappa shape index (κ2) is 6.34. The van der Waals surface area contributed by atoms with Crippen LogP contribution in [0.5, 0.6) is 0 Å². The summed E-state index contributed by atoms with van der Waals surface area (Å²) in [6.45, 7) is 1.10. The summed E-state index contributed by atoms with van der Waals surface area (Å²) in [4.78, 5) is 27.3. The summed E-state index contributed by atoms with van der Waals surface area (Å²) in [5, 5.41) is 8.62. The molecule has 0 aliphatic carbocycles. The summed E-state index contributed by atoms with van der Waals surface area (Å²) in [6, 6.07) is 1.21. The average Bonchev–Trinajstić information content (AvgIpc) is 3.28. The summed E-state index contributed by atoms with van der Waals surface area (Å²) < 4.78 is 38.7. The fraction of sp³-hybridized carbons (Fsp3) is 0.375. The molecule has 2 unspecified atom stereocenters. The van der Waals surface area contributed by atoms with E-state index >= 15 is 0 Å². The zero-order valence-electron chi connectivity index (χ0n) is 13.9. The highest BCUT2D eigenvalue weighted by Gasteiger charge is 2.45. The second-order valence-electron chi connectivity index (χ2n) is 6.49. The number of alkyl halides is 3. The van der Waals surface area contributed by atoms with Gasteiger partial charge in [-0.05, 0) is 12.5 Å². The van der Waals surface area contributed by atoms with Crippen LogP contribution in [0.3, 0.4) is 0 Å². The lowest BCUT2D eigenvalue weighted by molar-refractivity contribution is -0.137. The number of pyridine rings is 1. The molecule has 2 saturated heterocycles. The predicted molar refractivity (Wildman–Crippen MR) is 87.4 cm³/mol. The molecule has 2 N–H and O–H groups in total. The molecule has 0 radical (unpaired) electrons. The number of hydrogen-bond donors (Lipinski definition) is 2. The van der Waals surface area contributed by atoms with Gasteiger partial charge >= 0.3 is 6.18 Å². The second-order valence-corrected chi connectivity index (χ2v) is 6.49. The largest absolute Gasteiger partial charge is 0.417 e. The molecule has 4 heterocycles. The van der Waals surface area contributed by atoms with Crippen LogP contribution in [0.1, 0.15) is 22.3 Å². The fourth-order valence-electron chi connectivity index (χ4n) is 3.62. The number of nitrogens with zero attached hydrogens (tertiary/aromatic N) is 5. The van der Waals surface area contributed by atoms with E-state index in [2.05, 4.69) is 15.0 Å². The number of hydrogen-bond acceptors (Lipinski definition) is 7. The van der Waals surface area contributed by atoms with E-state index in [-0.39, 0.29) is 17.6 Å². The van der Waals surface area contributed by atoms with E-state index in [1.165, 1.54) is 24.1 Å². The van der Waals surface area contributed by atoms with Crippen LogP contribution in [0.2, 0.25) is 0 Å². The Hall–Kier alpha value is -2.95. The number of hydroxylamine groups is 1. The Kier molecular flexibility index (Phi) is 4.10. The number of rotatable bonds is 3. The van der Waals surface area contributed by atoms with Gasteiger partial charge in [-0.2, -0.15) is 13.2 Å². The Morgan fingerprint density at radius 2 is 1.78 bits per heavy atom. The molecule has 2 fully saturated rings. The minimum Gasteiger partial charge on any atom is -0.363 e. The van der Waals surface area contributed by atoms with Gasteiger partial charge in [0, 0.05) is 37.7 Å². The quantitative estimate of drug-likeness (QED) is 0.615. The Labute approximate surface area is 151 Å². The van der Waals surface area contributed by atoms with Crippen LogP contribution < -0.4 is 15.3 Å². The van der Waals surface area contributed by atoms with Crippen LogP contribution in [-0.2, 0) is 6.18 Å². The molecule has 2 aromatic heterocycles. The molecule has 2 aromatic rings. The highest BCUT2D eigenvalue weighted by atomic mass is 19.4. The van der Waals surface area contributed by atoms with E-state index in [1.807, 2.05) is 9.80 Å². The van der Waals surface area contributed by atoms with Gasteiger partial charge in [-0.1, -0.05) is 0 Å². The number of halogens is 3. The van der Waals surface area contributed by atoms with Crippen LogP contribution >= 0.6 is 0 Å². The average molecular weight is 380 g/mol. The molecule has 11 heteroatoms. The normalized spacial score (nSPS) is 21.6. The molecule has 0 aromatic carbocycles. The Balaban J connectivity index is 1.49. The van der Waals surface area contributed by atoms with Gasteiger partial charge in [0.1, 0.15) is 0 Å². The van der Waals surface area contributed by atoms with Crippen molar-refractivity contribution in [3.05, 3.63) is 42.0 Å². The first-order valence-electron chi connectivity index (χ1n) is 8.19. The highest BCUT2D eigenvalue weighted by Crippen LogP contribution is 2.38. The third-order valence-electron chi connectivity index (χ3n) is 4.88. The third kappa shape index (κ3) is 3.14. The van der Waals surface area contributed by atoms with Gasteiger partial charge in [0.15, 0.2) is 0 Å². The van der Waals surface area contributed by atoms with Gasteiger partial charge in [-0.3, -0.25) is 15.0 Å². The molecule has 2 aliphatic heterocycles. The van der Waals surface area contributed by atoms with Gasteiger partial charge in [-0.15, -0.1) is 0 Å². The summed E-state index contributed by atoms with van der Waals surface area (Å²) in [5.41, 5.74) is 1.33. The van der Waals surface area contributed by atoms with Crippen LogP contribution in [0.15, 0.2) is 30.9 Å². The molecule has 0 saturated carbocycles. The van der Waals surface area contributed by atoms with Crippen molar-refractivity contribution in [2.45, 2.75) is 24.7 Å². The van der Waals surface area contributed by atoms with Gasteiger partial charge in [0.2, 0.25) is 5.95 Å². The van der Waals surface area contributed by atoms with Crippen molar-refractivity contribution in [2.75, 3.05) is 22.9 Å². The monoisotopic (exact) mass is 380 g/mol. The molecule has 1 amide bonds. The summed E-state index contributed by atoms with van der Waals surface area (Å²) >= 11 is 0. The smallest absolute Gasteiger partial charge is 0.363 e. The summed E-state index contributed by atoms with van der Waals surface area (Å²) in [5.74, 6) is -0.258. The van der Waals surface area contributed by atoms with Gasteiger partial charge in [0.05, 0.1) is 29.1 Å². The van der Waals surface area contributed by atoms with Gasteiger partial charge < -0.3 is 9.80 Å². The van der Waals surface area contributed by atoms with E-state index in [4.69, 9.17) is 5.21 Å². The zero-order valence-corrected chi connectivity index (χ0v) is 13.9. The lowest BCUT2D eigenvalue weighted by Gasteiger charge is -2.35. The van der Waals surface area contributed by atoms with E-state index in [9.17, 15) is 18.0 Å². The first-order valence-corrected chi connectivity index (χ1v) is 8.19. The van der Waals surface area contributed by atoms with Crippen molar-refractivity contribution in [1.82, 2.24) is 20.4 Å². The number of carbonyl (C=O) groups is 1. The molecule has 0 spiro atoms. The number of piperazine rings is 1. The van der Waals surface area contributed by atoms with Crippen LogP contribution in [0.25, 0.3) is 0 Å². The molecular formula is C16H15F3N6O2. The maximum absolute atomic E-state index is 12.9. The zero-order chi connectivity index (χ0) is 19.2.